The van der Waals surface area contributed by atoms with Gasteiger partial charge in [-0.15, -0.1) is 0 Å². The lowest BCUT2D eigenvalue weighted by Crippen LogP contribution is -2.31. The van der Waals surface area contributed by atoms with Crippen LogP contribution in [-0.4, -0.2) is 11.8 Å². The molecule has 15 heavy (non-hydrogen) atoms. The predicted molar refractivity (Wildman–Crippen MR) is 62.9 cm³/mol. The highest BCUT2D eigenvalue weighted by molar-refractivity contribution is 5.86. The van der Waals surface area contributed by atoms with E-state index >= 15 is 0 Å². The molecule has 1 aromatic carbocycles. The van der Waals surface area contributed by atoms with Crippen LogP contribution in [0.1, 0.15) is 30.0 Å². The van der Waals surface area contributed by atoms with Crippen LogP contribution in [0.2, 0.25) is 0 Å². The van der Waals surface area contributed by atoms with E-state index in [1.54, 1.807) is 0 Å². The molecule has 0 aliphatic rings. The molecule has 2 nitrogen and oxygen atoms in total. The van der Waals surface area contributed by atoms with E-state index in [0.717, 1.165) is 11.1 Å². The summed E-state index contributed by atoms with van der Waals surface area (Å²) in [5.74, 6) is 0.131. The van der Waals surface area contributed by atoms with Crippen LogP contribution in [-0.2, 0) is 11.2 Å². The highest BCUT2D eigenvalue weighted by atomic mass is 16.1. The van der Waals surface area contributed by atoms with Crippen LogP contribution in [0.15, 0.2) is 18.2 Å². The summed E-state index contributed by atoms with van der Waals surface area (Å²) in [4.78, 5) is 11.7. The van der Waals surface area contributed by atoms with Crippen LogP contribution in [0.4, 0.5) is 0 Å². The molecule has 1 aromatic rings. The lowest BCUT2D eigenvalue weighted by atomic mass is 9.97. The third-order valence-electron chi connectivity index (χ3n) is 2.72. The van der Waals surface area contributed by atoms with Crippen LogP contribution in [0, 0.1) is 13.8 Å². The first-order valence-electron chi connectivity index (χ1n) is 5.39. The third kappa shape index (κ3) is 3.17. The molecule has 0 saturated heterocycles. The van der Waals surface area contributed by atoms with Gasteiger partial charge in [-0.2, -0.15) is 0 Å². The Kier molecular flexibility index (Phi) is 4.04. The van der Waals surface area contributed by atoms with Gasteiger partial charge < -0.3 is 5.73 Å². The molecule has 0 amide bonds. The number of hydrogen-bond acceptors (Lipinski definition) is 2. The minimum Gasteiger partial charge on any atom is -0.322 e. The molecule has 0 aromatic heterocycles. The summed E-state index contributed by atoms with van der Waals surface area (Å²) in [6, 6.07) is 5.86. The molecular formula is C13H19NO. The quantitative estimate of drug-likeness (QED) is 0.818. The second-order valence-corrected chi connectivity index (χ2v) is 4.09. The summed E-state index contributed by atoms with van der Waals surface area (Å²) >= 11 is 0. The van der Waals surface area contributed by atoms with Gasteiger partial charge >= 0.3 is 0 Å². The number of Topliss-reactive ketones (excluding diaryl/α,β-unsaturated/α-hetero) is 1. The number of benzene rings is 1. The summed E-state index contributed by atoms with van der Waals surface area (Å²) < 4.78 is 0. The molecule has 0 radical (unpaired) electrons. The first-order valence-corrected chi connectivity index (χ1v) is 5.39. The third-order valence-corrected chi connectivity index (χ3v) is 2.72. The van der Waals surface area contributed by atoms with E-state index in [-0.39, 0.29) is 11.8 Å². The van der Waals surface area contributed by atoms with Crippen molar-refractivity contribution in [3.63, 3.8) is 0 Å². The van der Waals surface area contributed by atoms with Crippen LogP contribution >= 0.6 is 0 Å². The molecular weight excluding hydrogens is 186 g/mol. The molecule has 0 heterocycles. The monoisotopic (exact) mass is 205 g/mol. The summed E-state index contributed by atoms with van der Waals surface area (Å²) in [5, 5.41) is 0. The molecule has 2 heteroatoms. The van der Waals surface area contributed by atoms with E-state index < -0.39 is 0 Å². The Hall–Kier alpha value is -1.15. The van der Waals surface area contributed by atoms with Gasteiger partial charge in [0.2, 0.25) is 0 Å². The maximum Gasteiger partial charge on any atom is 0.153 e. The van der Waals surface area contributed by atoms with Gasteiger partial charge in [-0.1, -0.05) is 30.7 Å². The zero-order valence-electron chi connectivity index (χ0n) is 9.71. The van der Waals surface area contributed by atoms with E-state index in [1.165, 1.54) is 5.56 Å². The van der Waals surface area contributed by atoms with Crippen molar-refractivity contribution in [2.24, 2.45) is 5.73 Å². The van der Waals surface area contributed by atoms with Gasteiger partial charge in [-0.05, 0) is 31.4 Å². The van der Waals surface area contributed by atoms with Gasteiger partial charge in [0, 0.05) is 6.42 Å². The SMILES string of the molecule is CCC(N)C(=O)Cc1cc(C)ccc1C. The number of carbonyl (C=O) groups is 1. The second-order valence-electron chi connectivity index (χ2n) is 4.09. The Morgan fingerprint density at radius 3 is 2.67 bits per heavy atom. The molecule has 0 aliphatic carbocycles. The number of hydrogen-bond donors (Lipinski definition) is 1. The fourth-order valence-electron chi connectivity index (χ4n) is 1.54. The number of aryl methyl sites for hydroxylation is 2. The van der Waals surface area contributed by atoms with Crippen LogP contribution in [0.5, 0.6) is 0 Å². The van der Waals surface area contributed by atoms with Gasteiger partial charge in [0.25, 0.3) is 0 Å². The maximum atomic E-state index is 11.7. The average Bonchev–Trinajstić information content (AvgIpc) is 2.22. The topological polar surface area (TPSA) is 43.1 Å². The fourth-order valence-corrected chi connectivity index (χ4v) is 1.54. The molecule has 0 saturated carbocycles. The van der Waals surface area contributed by atoms with Gasteiger partial charge in [-0.3, -0.25) is 4.79 Å². The van der Waals surface area contributed by atoms with Gasteiger partial charge in [0.1, 0.15) is 0 Å². The summed E-state index contributed by atoms with van der Waals surface area (Å²) in [7, 11) is 0. The smallest absolute Gasteiger partial charge is 0.153 e. The zero-order chi connectivity index (χ0) is 11.4. The largest absolute Gasteiger partial charge is 0.322 e. The summed E-state index contributed by atoms with van der Waals surface area (Å²) in [6.45, 7) is 6.00. The number of rotatable bonds is 4. The molecule has 1 rings (SSSR count). The molecule has 82 valence electrons. The van der Waals surface area contributed by atoms with E-state index in [9.17, 15) is 4.79 Å². The van der Waals surface area contributed by atoms with Crippen molar-refractivity contribution in [1.29, 1.82) is 0 Å². The van der Waals surface area contributed by atoms with Crippen LogP contribution in [0.25, 0.3) is 0 Å². The second kappa shape index (κ2) is 5.08. The van der Waals surface area contributed by atoms with Gasteiger partial charge in [0.15, 0.2) is 5.78 Å². The highest BCUT2D eigenvalue weighted by Crippen LogP contribution is 2.12. The van der Waals surface area contributed by atoms with E-state index in [2.05, 4.69) is 18.2 Å². The Labute approximate surface area is 91.5 Å². The Balaban J connectivity index is 2.80. The molecule has 0 spiro atoms. The molecule has 0 bridgehead atoms. The van der Waals surface area contributed by atoms with Crippen molar-refractivity contribution >= 4 is 5.78 Å². The van der Waals surface area contributed by atoms with Crippen molar-refractivity contribution in [3.8, 4) is 0 Å². The predicted octanol–water partition coefficient (Wildman–Crippen LogP) is 2.15. The van der Waals surface area contributed by atoms with Crippen molar-refractivity contribution < 1.29 is 4.79 Å². The standard InChI is InChI=1S/C13H19NO/c1-4-12(14)13(15)8-11-7-9(2)5-6-10(11)3/h5-7,12H,4,8,14H2,1-3H3. The van der Waals surface area contributed by atoms with Crippen molar-refractivity contribution in [2.45, 2.75) is 39.7 Å². The minimum absolute atomic E-state index is 0.131. The van der Waals surface area contributed by atoms with E-state index in [0.29, 0.717) is 12.8 Å². The molecule has 0 aliphatic heterocycles. The van der Waals surface area contributed by atoms with Crippen molar-refractivity contribution in [1.82, 2.24) is 0 Å². The first kappa shape index (κ1) is 11.9. The molecule has 1 atom stereocenters. The van der Waals surface area contributed by atoms with E-state index in [4.69, 9.17) is 5.73 Å². The number of nitrogens with two attached hydrogens (primary N) is 1. The maximum absolute atomic E-state index is 11.7. The number of carbonyl (C=O) groups excluding carboxylic acids is 1. The Morgan fingerprint density at radius 1 is 1.40 bits per heavy atom. The Morgan fingerprint density at radius 2 is 2.07 bits per heavy atom. The normalized spacial score (nSPS) is 12.5. The van der Waals surface area contributed by atoms with Gasteiger partial charge in [0.05, 0.1) is 6.04 Å². The fraction of sp³-hybridized carbons (Fsp3) is 0.462. The van der Waals surface area contributed by atoms with Crippen molar-refractivity contribution in [2.75, 3.05) is 0 Å². The number of ketones is 1. The lowest BCUT2D eigenvalue weighted by molar-refractivity contribution is -0.119. The van der Waals surface area contributed by atoms with E-state index in [1.807, 2.05) is 20.8 Å². The van der Waals surface area contributed by atoms with Crippen LogP contribution < -0.4 is 5.73 Å². The molecule has 2 N–H and O–H groups in total. The van der Waals surface area contributed by atoms with Gasteiger partial charge in [-0.25, -0.2) is 0 Å². The lowest BCUT2D eigenvalue weighted by Gasteiger charge is -2.10. The zero-order valence-corrected chi connectivity index (χ0v) is 9.71. The molecule has 1 unspecified atom stereocenters. The Bertz CT molecular complexity index is 358. The average molecular weight is 205 g/mol. The summed E-state index contributed by atoms with van der Waals surface area (Å²) in [5.41, 5.74) is 9.16. The van der Waals surface area contributed by atoms with Crippen molar-refractivity contribution in [3.05, 3.63) is 34.9 Å². The summed E-state index contributed by atoms with van der Waals surface area (Å²) in [6.07, 6.45) is 1.17. The first-order chi connectivity index (χ1) is 7.04. The van der Waals surface area contributed by atoms with Crippen LogP contribution in [0.3, 0.4) is 0 Å². The minimum atomic E-state index is -0.315. The molecule has 0 fully saturated rings. The highest BCUT2D eigenvalue weighted by Gasteiger charge is 2.12.